The van der Waals surface area contributed by atoms with Gasteiger partial charge in [0.15, 0.2) is 0 Å². The molecule has 0 heterocycles. The first kappa shape index (κ1) is 5.49. The molecular formula is C9H7N. The van der Waals surface area contributed by atoms with Gasteiger partial charge < -0.3 is 0 Å². The van der Waals surface area contributed by atoms with Gasteiger partial charge in [0.05, 0.1) is 11.6 Å². The average Bonchev–Trinajstić information content (AvgIpc) is 1.92. The molecule has 0 radical (unpaired) electrons. The van der Waals surface area contributed by atoms with Crippen LogP contribution in [-0.4, -0.2) is 0 Å². The number of rotatable bonds is 0. The fraction of sp³-hybridized carbons (Fsp3) is 0.222. The summed E-state index contributed by atoms with van der Waals surface area (Å²) in [4.78, 5) is 0. The van der Waals surface area contributed by atoms with Gasteiger partial charge in [0.2, 0.25) is 0 Å². The maximum absolute atomic E-state index is 8.53. The minimum absolute atomic E-state index is 0.790. The summed E-state index contributed by atoms with van der Waals surface area (Å²) in [6.45, 7) is 0. The molecule has 0 amide bonds. The van der Waals surface area contributed by atoms with E-state index < -0.39 is 0 Å². The lowest BCUT2D eigenvalue weighted by Gasteiger charge is -2.17. The first-order chi connectivity index (χ1) is 4.90. The molecule has 0 saturated heterocycles. The van der Waals surface area contributed by atoms with Crippen LogP contribution in [0.2, 0.25) is 0 Å². The van der Waals surface area contributed by atoms with Crippen LogP contribution in [0.1, 0.15) is 16.7 Å². The van der Waals surface area contributed by atoms with Crippen LogP contribution in [0.15, 0.2) is 18.2 Å². The molecule has 0 aromatic heterocycles. The number of nitrogens with zero attached hydrogens (tertiary/aromatic N) is 1. The molecule has 1 heteroatoms. The molecule has 1 aliphatic carbocycles. The zero-order valence-corrected chi connectivity index (χ0v) is 5.59. The van der Waals surface area contributed by atoms with Crippen LogP contribution in [0.3, 0.4) is 0 Å². The summed E-state index contributed by atoms with van der Waals surface area (Å²) in [6.07, 6.45) is 2.35. The lowest BCUT2D eigenvalue weighted by Crippen LogP contribution is -2.07. The minimum atomic E-state index is 0.790. The Morgan fingerprint density at radius 2 is 2.00 bits per heavy atom. The van der Waals surface area contributed by atoms with Gasteiger partial charge in [0.1, 0.15) is 0 Å². The van der Waals surface area contributed by atoms with E-state index in [1.54, 1.807) is 0 Å². The Balaban J connectivity index is 2.54. The largest absolute Gasteiger partial charge is 0.192 e. The molecule has 0 saturated carbocycles. The molecule has 1 nitrogen and oxygen atoms in total. The maximum Gasteiger partial charge on any atom is 0.0991 e. The summed E-state index contributed by atoms with van der Waals surface area (Å²) in [5.74, 6) is 0. The van der Waals surface area contributed by atoms with E-state index in [2.05, 4.69) is 12.1 Å². The second kappa shape index (κ2) is 1.85. The van der Waals surface area contributed by atoms with Crippen LogP contribution in [0, 0.1) is 11.3 Å². The SMILES string of the molecule is N#Cc1ccc2c(c1)CC2. The minimum Gasteiger partial charge on any atom is -0.192 e. The molecule has 0 spiro atoms. The molecule has 2 rings (SSSR count). The van der Waals surface area contributed by atoms with Crippen molar-refractivity contribution in [3.05, 3.63) is 34.9 Å². The quantitative estimate of drug-likeness (QED) is 0.522. The first-order valence-corrected chi connectivity index (χ1v) is 3.42. The molecule has 10 heavy (non-hydrogen) atoms. The van der Waals surface area contributed by atoms with Gasteiger partial charge in [-0.1, -0.05) is 6.07 Å². The van der Waals surface area contributed by atoms with Crippen molar-refractivity contribution in [2.24, 2.45) is 0 Å². The molecule has 0 fully saturated rings. The molecule has 1 aromatic rings. The number of aryl methyl sites for hydroxylation is 2. The van der Waals surface area contributed by atoms with Gasteiger partial charge in [-0.05, 0) is 36.1 Å². The first-order valence-electron chi connectivity index (χ1n) is 3.42. The third-order valence-corrected chi connectivity index (χ3v) is 2.00. The zero-order chi connectivity index (χ0) is 6.97. The predicted molar refractivity (Wildman–Crippen MR) is 38.6 cm³/mol. The zero-order valence-electron chi connectivity index (χ0n) is 5.59. The van der Waals surface area contributed by atoms with E-state index in [1.165, 1.54) is 17.5 Å². The van der Waals surface area contributed by atoms with E-state index in [0.717, 1.165) is 12.0 Å². The lowest BCUT2D eigenvalue weighted by molar-refractivity contribution is 0.838. The van der Waals surface area contributed by atoms with E-state index >= 15 is 0 Å². The van der Waals surface area contributed by atoms with Crippen molar-refractivity contribution in [2.75, 3.05) is 0 Å². The lowest BCUT2D eigenvalue weighted by atomic mass is 9.87. The summed E-state index contributed by atoms with van der Waals surface area (Å²) in [5, 5.41) is 8.53. The van der Waals surface area contributed by atoms with Gasteiger partial charge in [0, 0.05) is 0 Å². The highest BCUT2D eigenvalue weighted by atomic mass is 14.2. The standard InChI is InChI=1S/C9H7N/c10-6-7-1-2-8-3-4-9(8)5-7/h1-2,5H,3-4H2. The highest BCUT2D eigenvalue weighted by Crippen LogP contribution is 2.22. The molecule has 48 valence electrons. The number of hydrogen-bond acceptors (Lipinski definition) is 1. The van der Waals surface area contributed by atoms with Gasteiger partial charge in [-0.2, -0.15) is 5.26 Å². The Labute approximate surface area is 59.9 Å². The average molecular weight is 129 g/mol. The van der Waals surface area contributed by atoms with E-state index in [-0.39, 0.29) is 0 Å². The summed E-state index contributed by atoms with van der Waals surface area (Å²) in [5.41, 5.74) is 3.57. The molecule has 1 aliphatic rings. The Hall–Kier alpha value is -1.29. The smallest absolute Gasteiger partial charge is 0.0991 e. The van der Waals surface area contributed by atoms with Crippen molar-refractivity contribution in [3.8, 4) is 6.07 Å². The number of benzene rings is 1. The molecule has 0 atom stereocenters. The Morgan fingerprint density at radius 1 is 1.20 bits per heavy atom. The van der Waals surface area contributed by atoms with Gasteiger partial charge >= 0.3 is 0 Å². The van der Waals surface area contributed by atoms with Crippen molar-refractivity contribution in [2.45, 2.75) is 12.8 Å². The van der Waals surface area contributed by atoms with Crippen LogP contribution in [0.4, 0.5) is 0 Å². The topological polar surface area (TPSA) is 23.8 Å². The summed E-state index contributed by atoms with van der Waals surface area (Å²) in [7, 11) is 0. The number of fused-ring (bicyclic) bond motifs is 1. The van der Waals surface area contributed by atoms with Crippen molar-refractivity contribution >= 4 is 0 Å². The molecule has 1 aromatic carbocycles. The van der Waals surface area contributed by atoms with Crippen molar-refractivity contribution in [3.63, 3.8) is 0 Å². The highest BCUT2D eigenvalue weighted by molar-refractivity contribution is 5.42. The second-order valence-electron chi connectivity index (χ2n) is 2.60. The number of hydrogen-bond donors (Lipinski definition) is 0. The molecule has 0 aliphatic heterocycles. The van der Waals surface area contributed by atoms with Crippen molar-refractivity contribution in [1.29, 1.82) is 5.26 Å². The van der Waals surface area contributed by atoms with E-state index in [9.17, 15) is 0 Å². The molecule has 0 unspecified atom stereocenters. The summed E-state index contributed by atoms with van der Waals surface area (Å²) < 4.78 is 0. The molecule has 0 bridgehead atoms. The van der Waals surface area contributed by atoms with E-state index in [4.69, 9.17) is 5.26 Å². The Bertz CT molecular complexity index is 307. The summed E-state index contributed by atoms with van der Waals surface area (Å²) in [6, 6.07) is 8.05. The van der Waals surface area contributed by atoms with Gasteiger partial charge in [-0.15, -0.1) is 0 Å². The van der Waals surface area contributed by atoms with Crippen LogP contribution in [-0.2, 0) is 12.8 Å². The predicted octanol–water partition coefficient (Wildman–Crippen LogP) is 1.66. The van der Waals surface area contributed by atoms with Crippen LogP contribution in [0.25, 0.3) is 0 Å². The Kier molecular flexibility index (Phi) is 1.01. The van der Waals surface area contributed by atoms with Crippen LogP contribution >= 0.6 is 0 Å². The summed E-state index contributed by atoms with van der Waals surface area (Å²) >= 11 is 0. The van der Waals surface area contributed by atoms with Gasteiger partial charge in [0.25, 0.3) is 0 Å². The van der Waals surface area contributed by atoms with Gasteiger partial charge in [-0.3, -0.25) is 0 Å². The fourth-order valence-electron chi connectivity index (χ4n) is 1.26. The maximum atomic E-state index is 8.53. The van der Waals surface area contributed by atoms with Crippen molar-refractivity contribution in [1.82, 2.24) is 0 Å². The monoisotopic (exact) mass is 129 g/mol. The van der Waals surface area contributed by atoms with Crippen LogP contribution < -0.4 is 0 Å². The Morgan fingerprint density at radius 3 is 2.50 bits per heavy atom. The van der Waals surface area contributed by atoms with E-state index in [0.29, 0.717) is 0 Å². The second-order valence-corrected chi connectivity index (χ2v) is 2.60. The van der Waals surface area contributed by atoms with Crippen LogP contribution in [0.5, 0.6) is 0 Å². The normalized spacial score (nSPS) is 13.1. The third-order valence-electron chi connectivity index (χ3n) is 2.00. The van der Waals surface area contributed by atoms with E-state index in [1.807, 2.05) is 12.1 Å². The molecular weight excluding hydrogens is 122 g/mol. The third kappa shape index (κ3) is 0.625. The van der Waals surface area contributed by atoms with Gasteiger partial charge in [-0.25, -0.2) is 0 Å². The number of nitriles is 1. The highest BCUT2D eigenvalue weighted by Gasteiger charge is 2.11. The van der Waals surface area contributed by atoms with Crippen molar-refractivity contribution < 1.29 is 0 Å². The fourth-order valence-corrected chi connectivity index (χ4v) is 1.26. The molecule has 0 N–H and O–H groups in total.